The molecule has 0 aromatic heterocycles. The second-order valence-corrected chi connectivity index (χ2v) is 11.6. The van der Waals surface area contributed by atoms with Gasteiger partial charge in [0, 0.05) is 5.75 Å². The van der Waals surface area contributed by atoms with Gasteiger partial charge in [0.2, 0.25) is 0 Å². The first kappa shape index (κ1) is 19.8. The van der Waals surface area contributed by atoms with E-state index in [9.17, 15) is 13.0 Å². The van der Waals surface area contributed by atoms with Crippen LogP contribution in [-0.2, 0) is 10.1 Å². The molecule has 27 heavy (non-hydrogen) atoms. The minimum atomic E-state index is -4.17. The van der Waals surface area contributed by atoms with Crippen LogP contribution in [0.4, 0.5) is 0 Å². The Kier molecular flexibility index (Phi) is 6.43. The van der Waals surface area contributed by atoms with E-state index in [4.69, 9.17) is 0 Å². The highest BCUT2D eigenvalue weighted by atomic mass is 32.2. The van der Waals surface area contributed by atoms with Crippen LogP contribution in [0.25, 0.3) is 0 Å². The molecule has 0 atom stereocenters. The number of hydrogen-bond acceptors (Lipinski definition) is 3. The summed E-state index contributed by atoms with van der Waals surface area (Å²) in [6.45, 7) is 0. The van der Waals surface area contributed by atoms with Crippen LogP contribution in [-0.4, -0.2) is 24.9 Å². The second kappa shape index (κ2) is 8.79. The zero-order chi connectivity index (χ0) is 19.2. The van der Waals surface area contributed by atoms with Crippen molar-refractivity contribution in [2.75, 3.05) is 11.9 Å². The molecule has 0 bridgehead atoms. The molecule has 0 unspecified atom stereocenters. The van der Waals surface area contributed by atoms with Gasteiger partial charge in [0.15, 0.2) is 0 Å². The Morgan fingerprint density at radius 2 is 1.00 bits per heavy atom. The summed E-state index contributed by atoms with van der Waals surface area (Å²) >= 11 is 0. The number of hydrogen-bond donors (Lipinski definition) is 0. The van der Waals surface area contributed by atoms with Crippen LogP contribution >= 0.6 is 7.26 Å². The molecule has 5 heteroatoms. The number of benzene rings is 3. The van der Waals surface area contributed by atoms with Crippen molar-refractivity contribution in [3.05, 3.63) is 91.0 Å². The normalized spacial score (nSPS) is 12.0. The summed E-state index contributed by atoms with van der Waals surface area (Å²) in [5.41, 5.74) is 0. The molecule has 3 nitrogen and oxygen atoms in total. The van der Waals surface area contributed by atoms with E-state index in [1.165, 1.54) is 15.9 Å². The van der Waals surface area contributed by atoms with Crippen molar-refractivity contribution < 1.29 is 13.0 Å². The lowest BCUT2D eigenvalue weighted by atomic mass is 10.3. The minimum Gasteiger partial charge on any atom is -0.748 e. The lowest BCUT2D eigenvalue weighted by Crippen LogP contribution is -2.33. The molecular weight excluding hydrogens is 375 g/mol. The predicted octanol–water partition coefficient (Wildman–Crippen LogP) is 3.31. The average Bonchev–Trinajstić information content (AvgIpc) is 2.70. The molecule has 0 fully saturated rings. The Morgan fingerprint density at radius 3 is 1.33 bits per heavy atom. The van der Waals surface area contributed by atoms with Crippen LogP contribution in [0.15, 0.2) is 91.0 Å². The van der Waals surface area contributed by atoms with Crippen molar-refractivity contribution in [2.45, 2.75) is 12.8 Å². The van der Waals surface area contributed by atoms with E-state index >= 15 is 0 Å². The van der Waals surface area contributed by atoms with Gasteiger partial charge < -0.3 is 4.55 Å². The Bertz CT molecular complexity index is 846. The fraction of sp³-hybridized carbons (Fsp3) is 0.182. The van der Waals surface area contributed by atoms with Gasteiger partial charge >= 0.3 is 0 Å². The topological polar surface area (TPSA) is 57.2 Å². The first-order valence-electron chi connectivity index (χ1n) is 9.01. The molecule has 0 aliphatic heterocycles. The van der Waals surface area contributed by atoms with E-state index in [0.29, 0.717) is 12.8 Å². The zero-order valence-electron chi connectivity index (χ0n) is 15.1. The third-order valence-electron chi connectivity index (χ3n) is 4.73. The van der Waals surface area contributed by atoms with Gasteiger partial charge in [-0.25, -0.2) is 8.42 Å². The maximum absolute atomic E-state index is 11.0. The summed E-state index contributed by atoms with van der Waals surface area (Å²) in [6, 6.07) is 31.3. The van der Waals surface area contributed by atoms with E-state index < -0.39 is 17.4 Å². The molecule has 0 amide bonds. The zero-order valence-corrected chi connectivity index (χ0v) is 16.8. The Hall–Kier alpha value is -2.00. The lowest BCUT2D eigenvalue weighted by molar-refractivity contribution is 0.461. The summed E-state index contributed by atoms with van der Waals surface area (Å²) in [7, 11) is -6.11. The van der Waals surface area contributed by atoms with Gasteiger partial charge in [0.1, 0.15) is 23.2 Å². The quantitative estimate of drug-likeness (QED) is 0.332. The standard InChI is InChI=1S/C22H23O3PS/c23-27(24,25)19-11-10-18-26(20-12-4-1-5-13-20,21-14-6-2-7-15-21)22-16-8-3-9-17-22/h1-9,12-17H,10-11,18-19H2. The van der Waals surface area contributed by atoms with Crippen LogP contribution in [0.5, 0.6) is 0 Å². The van der Waals surface area contributed by atoms with Crippen LogP contribution in [0.3, 0.4) is 0 Å². The molecule has 0 aliphatic rings. The summed E-state index contributed by atoms with van der Waals surface area (Å²) in [5.74, 6) is -0.300. The van der Waals surface area contributed by atoms with E-state index in [0.717, 1.165) is 6.16 Å². The van der Waals surface area contributed by atoms with Gasteiger partial charge in [-0.2, -0.15) is 0 Å². The first-order chi connectivity index (χ1) is 13.0. The Balaban J connectivity index is 2.08. The second-order valence-electron chi connectivity index (χ2n) is 6.51. The number of rotatable bonds is 8. The molecule has 0 saturated carbocycles. The predicted molar refractivity (Wildman–Crippen MR) is 114 cm³/mol. The van der Waals surface area contributed by atoms with Crippen LogP contribution in [0.1, 0.15) is 12.8 Å². The van der Waals surface area contributed by atoms with E-state index in [2.05, 4.69) is 72.8 Å². The first-order valence-corrected chi connectivity index (χ1v) is 12.6. The molecule has 3 aromatic carbocycles. The SMILES string of the molecule is O=S(=O)([O-])CCCC[P+](c1ccccc1)(c1ccccc1)c1ccccc1. The Labute approximate surface area is 162 Å². The van der Waals surface area contributed by atoms with Crippen LogP contribution < -0.4 is 15.9 Å². The molecule has 0 saturated heterocycles. The smallest absolute Gasteiger partial charge is 0.112 e. The average molecular weight is 398 g/mol. The highest BCUT2D eigenvalue weighted by Gasteiger charge is 2.44. The third-order valence-corrected chi connectivity index (χ3v) is 10.0. The molecule has 140 valence electrons. The van der Waals surface area contributed by atoms with Crippen LogP contribution in [0.2, 0.25) is 0 Å². The van der Waals surface area contributed by atoms with Gasteiger partial charge in [0.05, 0.1) is 16.3 Å². The van der Waals surface area contributed by atoms with Crippen LogP contribution in [0, 0.1) is 0 Å². The van der Waals surface area contributed by atoms with E-state index in [1.807, 2.05) is 18.2 Å². The van der Waals surface area contributed by atoms with Crippen molar-refractivity contribution in [2.24, 2.45) is 0 Å². The fourth-order valence-electron chi connectivity index (χ4n) is 3.51. The molecular formula is C22H23O3PS. The summed E-state index contributed by atoms with van der Waals surface area (Å²) in [6.07, 6.45) is 1.91. The van der Waals surface area contributed by atoms with Crippen molar-refractivity contribution in [1.29, 1.82) is 0 Å². The molecule has 3 aromatic rings. The van der Waals surface area contributed by atoms with E-state index in [-0.39, 0.29) is 5.75 Å². The van der Waals surface area contributed by atoms with Gasteiger partial charge in [-0.3, -0.25) is 0 Å². The Morgan fingerprint density at radius 1 is 0.630 bits per heavy atom. The highest BCUT2D eigenvalue weighted by Crippen LogP contribution is 2.55. The maximum Gasteiger partial charge on any atom is 0.112 e. The van der Waals surface area contributed by atoms with Crippen molar-refractivity contribution >= 4 is 33.3 Å². The minimum absolute atomic E-state index is 0.300. The molecule has 3 rings (SSSR count). The molecule has 0 heterocycles. The lowest BCUT2D eigenvalue weighted by Gasteiger charge is -2.27. The van der Waals surface area contributed by atoms with Gasteiger partial charge in [-0.05, 0) is 49.2 Å². The van der Waals surface area contributed by atoms with Gasteiger partial charge in [-0.1, -0.05) is 54.6 Å². The summed E-state index contributed by atoms with van der Waals surface area (Å²) in [4.78, 5) is 0. The van der Waals surface area contributed by atoms with Crippen molar-refractivity contribution in [3.8, 4) is 0 Å². The fourth-order valence-corrected chi connectivity index (χ4v) is 8.48. The van der Waals surface area contributed by atoms with Gasteiger partial charge in [0.25, 0.3) is 0 Å². The molecule has 0 spiro atoms. The monoisotopic (exact) mass is 398 g/mol. The number of unbranched alkanes of at least 4 members (excludes halogenated alkanes) is 1. The maximum atomic E-state index is 11.0. The molecule has 0 N–H and O–H groups in total. The van der Waals surface area contributed by atoms with E-state index in [1.54, 1.807) is 0 Å². The molecule has 0 aliphatic carbocycles. The van der Waals surface area contributed by atoms with Crippen molar-refractivity contribution in [3.63, 3.8) is 0 Å². The van der Waals surface area contributed by atoms with Gasteiger partial charge in [-0.15, -0.1) is 0 Å². The summed E-state index contributed by atoms with van der Waals surface area (Å²) < 4.78 is 33.1. The highest BCUT2D eigenvalue weighted by molar-refractivity contribution is 7.95. The summed E-state index contributed by atoms with van der Waals surface area (Å²) in [5, 5.41) is 3.81. The molecule has 0 radical (unpaired) electrons. The third kappa shape index (κ3) is 4.84. The van der Waals surface area contributed by atoms with Crippen molar-refractivity contribution in [1.82, 2.24) is 0 Å². The largest absolute Gasteiger partial charge is 0.748 e.